The Bertz CT molecular complexity index is 906. The van der Waals surface area contributed by atoms with Gasteiger partial charge in [0.1, 0.15) is 5.75 Å². The minimum Gasteiger partial charge on any atom is -0.485 e. The first-order valence-corrected chi connectivity index (χ1v) is 8.05. The molecule has 2 aromatic carbocycles. The molecular formula is C17H10BrF3N2O3. The molecule has 0 amide bonds. The number of Topliss-reactive ketones (excluding diaryl/α,β-unsaturated/α-hetero) is 1. The van der Waals surface area contributed by atoms with Crippen LogP contribution in [-0.2, 0) is 6.18 Å². The van der Waals surface area contributed by atoms with Crippen LogP contribution in [0.15, 0.2) is 57.5 Å². The highest BCUT2D eigenvalue weighted by molar-refractivity contribution is 9.10. The second-order valence-electron chi connectivity index (χ2n) is 5.16. The predicted octanol–water partition coefficient (Wildman–Crippen LogP) is 4.78. The number of ketones is 1. The normalized spacial score (nSPS) is 11.4. The molecule has 0 unspecified atom stereocenters. The van der Waals surface area contributed by atoms with Crippen LogP contribution in [0.5, 0.6) is 5.75 Å². The van der Waals surface area contributed by atoms with Crippen LogP contribution in [0.2, 0.25) is 0 Å². The van der Waals surface area contributed by atoms with E-state index in [9.17, 15) is 18.0 Å². The van der Waals surface area contributed by atoms with Gasteiger partial charge in [-0.15, -0.1) is 0 Å². The van der Waals surface area contributed by atoms with Gasteiger partial charge in [0, 0.05) is 15.6 Å². The lowest BCUT2D eigenvalue weighted by Gasteiger charge is -2.06. The summed E-state index contributed by atoms with van der Waals surface area (Å²) in [5, 5.41) is 3.29. The number of halogens is 4. The van der Waals surface area contributed by atoms with Crippen molar-refractivity contribution in [3.05, 3.63) is 64.5 Å². The molecule has 9 heteroatoms. The van der Waals surface area contributed by atoms with E-state index in [1.165, 1.54) is 24.3 Å². The molecule has 1 heterocycles. The number of nitrogens with zero attached hydrogens (tertiary/aromatic N) is 2. The van der Waals surface area contributed by atoms with Gasteiger partial charge < -0.3 is 9.26 Å². The summed E-state index contributed by atoms with van der Waals surface area (Å²) in [6.07, 6.45) is -4.70. The van der Waals surface area contributed by atoms with Crippen LogP contribution in [0, 0.1) is 0 Å². The fourth-order valence-electron chi connectivity index (χ4n) is 2.02. The maximum Gasteiger partial charge on any atom is 0.471 e. The number of ether oxygens (including phenoxy) is 1. The van der Waals surface area contributed by atoms with Gasteiger partial charge in [-0.3, -0.25) is 4.79 Å². The quantitative estimate of drug-likeness (QED) is 0.549. The highest BCUT2D eigenvalue weighted by Gasteiger charge is 2.38. The second kappa shape index (κ2) is 7.28. The Kier molecular flexibility index (Phi) is 5.08. The van der Waals surface area contributed by atoms with Crippen molar-refractivity contribution in [3.8, 4) is 17.1 Å². The molecule has 0 fully saturated rings. The van der Waals surface area contributed by atoms with Gasteiger partial charge in [-0.05, 0) is 24.3 Å². The average Bonchev–Trinajstić information content (AvgIpc) is 3.12. The zero-order valence-corrected chi connectivity index (χ0v) is 14.5. The molecular weight excluding hydrogens is 417 g/mol. The predicted molar refractivity (Wildman–Crippen MR) is 88.7 cm³/mol. The summed E-state index contributed by atoms with van der Waals surface area (Å²) in [5.74, 6) is -1.36. The molecule has 3 aromatic rings. The average molecular weight is 427 g/mol. The van der Waals surface area contributed by atoms with Crippen LogP contribution in [0.1, 0.15) is 16.2 Å². The Morgan fingerprint density at radius 3 is 2.31 bits per heavy atom. The van der Waals surface area contributed by atoms with E-state index in [1.54, 1.807) is 24.3 Å². The van der Waals surface area contributed by atoms with Gasteiger partial charge in [-0.2, -0.15) is 18.2 Å². The lowest BCUT2D eigenvalue weighted by atomic mass is 10.1. The second-order valence-corrected chi connectivity index (χ2v) is 6.08. The molecule has 0 saturated carbocycles. The zero-order chi connectivity index (χ0) is 18.7. The summed E-state index contributed by atoms with van der Waals surface area (Å²) in [7, 11) is 0. The molecule has 0 aliphatic heterocycles. The van der Waals surface area contributed by atoms with Crippen molar-refractivity contribution in [1.29, 1.82) is 0 Å². The molecule has 0 bridgehead atoms. The van der Waals surface area contributed by atoms with Crippen molar-refractivity contribution < 1.29 is 27.2 Å². The lowest BCUT2D eigenvalue weighted by molar-refractivity contribution is -0.159. The van der Waals surface area contributed by atoms with Crippen molar-refractivity contribution in [2.75, 3.05) is 6.61 Å². The SMILES string of the molecule is O=C(COc1ccc(Br)cc1)c1ccc(-c2noc(C(F)(F)F)n2)cc1. The van der Waals surface area contributed by atoms with Gasteiger partial charge in [-0.25, -0.2) is 0 Å². The smallest absolute Gasteiger partial charge is 0.471 e. The van der Waals surface area contributed by atoms with E-state index < -0.39 is 12.1 Å². The Morgan fingerprint density at radius 2 is 1.73 bits per heavy atom. The van der Waals surface area contributed by atoms with Crippen molar-refractivity contribution in [1.82, 2.24) is 10.1 Å². The van der Waals surface area contributed by atoms with Crippen molar-refractivity contribution in [3.63, 3.8) is 0 Å². The minimum atomic E-state index is -4.70. The van der Waals surface area contributed by atoms with Gasteiger partial charge in [0.2, 0.25) is 5.82 Å². The van der Waals surface area contributed by atoms with E-state index >= 15 is 0 Å². The third-order valence-corrected chi connectivity index (χ3v) is 3.85. The molecule has 134 valence electrons. The molecule has 5 nitrogen and oxygen atoms in total. The van der Waals surface area contributed by atoms with Gasteiger partial charge in [0.15, 0.2) is 12.4 Å². The van der Waals surface area contributed by atoms with E-state index in [1.807, 2.05) is 0 Å². The maximum atomic E-state index is 12.5. The summed E-state index contributed by atoms with van der Waals surface area (Å²) in [6, 6.07) is 12.8. The molecule has 0 aliphatic carbocycles. The zero-order valence-electron chi connectivity index (χ0n) is 13.0. The fourth-order valence-corrected chi connectivity index (χ4v) is 2.29. The van der Waals surface area contributed by atoms with Gasteiger partial charge in [0.05, 0.1) is 0 Å². The Hall–Kier alpha value is -2.68. The Labute approximate surface area is 153 Å². The van der Waals surface area contributed by atoms with Crippen LogP contribution in [0.3, 0.4) is 0 Å². The number of aromatic nitrogens is 2. The molecule has 0 N–H and O–H groups in total. The summed E-state index contributed by atoms with van der Waals surface area (Å²) < 4.78 is 47.9. The molecule has 0 saturated heterocycles. The highest BCUT2D eigenvalue weighted by Crippen LogP contribution is 2.29. The summed E-state index contributed by atoms with van der Waals surface area (Å²) in [4.78, 5) is 15.4. The number of benzene rings is 2. The number of alkyl halides is 3. The van der Waals surface area contributed by atoms with E-state index in [4.69, 9.17) is 4.74 Å². The fraction of sp³-hybridized carbons (Fsp3) is 0.118. The van der Waals surface area contributed by atoms with Crippen LogP contribution < -0.4 is 4.74 Å². The minimum absolute atomic E-state index is 0.165. The van der Waals surface area contributed by atoms with E-state index in [-0.39, 0.29) is 18.2 Å². The Morgan fingerprint density at radius 1 is 1.08 bits per heavy atom. The van der Waals surface area contributed by atoms with Crippen LogP contribution >= 0.6 is 15.9 Å². The van der Waals surface area contributed by atoms with Crippen LogP contribution in [-0.4, -0.2) is 22.5 Å². The Balaban J connectivity index is 1.66. The standard InChI is InChI=1S/C17H10BrF3N2O3/c18-12-5-7-13(8-6-12)25-9-14(24)10-1-3-11(4-2-10)15-22-16(26-23-15)17(19,20)21/h1-8H,9H2. The molecule has 1 aromatic heterocycles. The van der Waals surface area contributed by atoms with Gasteiger partial charge in [0.25, 0.3) is 0 Å². The molecule has 3 rings (SSSR count). The largest absolute Gasteiger partial charge is 0.485 e. The number of hydrogen-bond acceptors (Lipinski definition) is 5. The van der Waals surface area contributed by atoms with E-state index in [0.29, 0.717) is 16.9 Å². The third-order valence-electron chi connectivity index (χ3n) is 3.32. The van der Waals surface area contributed by atoms with Crippen molar-refractivity contribution in [2.45, 2.75) is 6.18 Å². The molecule has 0 radical (unpaired) electrons. The monoisotopic (exact) mass is 426 g/mol. The maximum absolute atomic E-state index is 12.5. The molecule has 0 atom stereocenters. The summed E-state index contributed by atoms with van der Waals surface area (Å²) in [6.45, 7) is -0.165. The highest BCUT2D eigenvalue weighted by atomic mass is 79.9. The molecule has 0 spiro atoms. The number of carbonyl (C=O) groups is 1. The first-order valence-electron chi connectivity index (χ1n) is 7.26. The third kappa shape index (κ3) is 4.29. The van der Waals surface area contributed by atoms with Gasteiger partial charge in [-0.1, -0.05) is 45.4 Å². The lowest BCUT2D eigenvalue weighted by Crippen LogP contribution is -2.11. The van der Waals surface area contributed by atoms with Crippen molar-refractivity contribution >= 4 is 21.7 Å². The number of hydrogen-bond donors (Lipinski definition) is 0. The van der Waals surface area contributed by atoms with E-state index in [0.717, 1.165) is 4.47 Å². The van der Waals surface area contributed by atoms with Crippen LogP contribution in [0.4, 0.5) is 13.2 Å². The molecule has 26 heavy (non-hydrogen) atoms. The summed E-state index contributed by atoms with van der Waals surface area (Å²) >= 11 is 3.30. The molecule has 0 aliphatic rings. The van der Waals surface area contributed by atoms with E-state index in [2.05, 4.69) is 30.6 Å². The van der Waals surface area contributed by atoms with Crippen LogP contribution in [0.25, 0.3) is 11.4 Å². The number of carbonyl (C=O) groups excluding carboxylic acids is 1. The first-order chi connectivity index (χ1) is 12.3. The van der Waals surface area contributed by atoms with Crippen molar-refractivity contribution in [2.24, 2.45) is 0 Å². The van der Waals surface area contributed by atoms with Gasteiger partial charge >= 0.3 is 12.1 Å². The summed E-state index contributed by atoms with van der Waals surface area (Å²) in [5.41, 5.74) is 0.653. The first kappa shape index (κ1) is 18.1. The topological polar surface area (TPSA) is 65.2 Å². The number of rotatable bonds is 5.